The second-order valence-corrected chi connectivity index (χ2v) is 7.58. The molecule has 0 bridgehead atoms. The minimum Gasteiger partial charge on any atom is -0.496 e. The van der Waals surface area contributed by atoms with Gasteiger partial charge in [-0.1, -0.05) is 6.07 Å². The minimum absolute atomic E-state index is 0.181. The van der Waals surface area contributed by atoms with Crippen molar-refractivity contribution in [2.24, 2.45) is 4.99 Å². The van der Waals surface area contributed by atoms with Gasteiger partial charge in [0.15, 0.2) is 5.96 Å². The number of rotatable bonds is 6. The number of nitrogens with zero attached hydrogens (tertiary/aromatic N) is 1. The quantitative estimate of drug-likeness (QED) is 0.593. The van der Waals surface area contributed by atoms with Crippen molar-refractivity contribution in [2.45, 2.75) is 25.1 Å². The highest BCUT2D eigenvalue weighted by Gasteiger charge is 2.16. The number of methoxy groups -OCH3 is 1. The van der Waals surface area contributed by atoms with Gasteiger partial charge in [-0.15, -0.1) is 0 Å². The molecule has 0 aromatic heterocycles. The van der Waals surface area contributed by atoms with Crippen LogP contribution in [0.15, 0.2) is 27.7 Å². The van der Waals surface area contributed by atoms with E-state index in [1.165, 1.54) is 0 Å². The lowest BCUT2D eigenvalue weighted by molar-refractivity contribution is 0.412. The van der Waals surface area contributed by atoms with Gasteiger partial charge in [0, 0.05) is 24.9 Å². The molecule has 118 valence electrons. The average Bonchev–Trinajstić information content (AvgIpc) is 2.47. The number of nitrogens with one attached hydrogen (secondary N) is 2. The molecule has 0 aliphatic rings. The summed E-state index contributed by atoms with van der Waals surface area (Å²) in [6.07, 6.45) is 2.12. The predicted molar refractivity (Wildman–Crippen MR) is 96.5 cm³/mol. The van der Waals surface area contributed by atoms with E-state index < -0.39 is 0 Å². The van der Waals surface area contributed by atoms with Crippen LogP contribution in [-0.2, 0) is 6.54 Å². The molecule has 0 heterocycles. The molecule has 2 N–H and O–H groups in total. The van der Waals surface area contributed by atoms with Crippen molar-refractivity contribution in [1.29, 1.82) is 0 Å². The van der Waals surface area contributed by atoms with Gasteiger partial charge in [0.1, 0.15) is 5.75 Å². The first-order chi connectivity index (χ1) is 9.91. The molecule has 0 aliphatic heterocycles. The minimum atomic E-state index is 0.181. The summed E-state index contributed by atoms with van der Waals surface area (Å²) in [7, 11) is 3.45. The molecule has 6 heteroatoms. The van der Waals surface area contributed by atoms with Gasteiger partial charge in [0.25, 0.3) is 0 Å². The highest BCUT2D eigenvalue weighted by molar-refractivity contribution is 9.10. The standard InChI is InChI=1S/C15H24BrN3OS/c1-15(2,21-5)10-19-14(17-3)18-9-11-6-7-13(20-4)12(16)8-11/h6-8H,9-10H2,1-5H3,(H2,17,18,19). The van der Waals surface area contributed by atoms with Gasteiger partial charge in [-0.3, -0.25) is 4.99 Å². The van der Waals surface area contributed by atoms with Crippen molar-refractivity contribution < 1.29 is 4.74 Å². The first kappa shape index (κ1) is 18.2. The van der Waals surface area contributed by atoms with E-state index in [2.05, 4.69) is 51.7 Å². The van der Waals surface area contributed by atoms with Gasteiger partial charge in [-0.05, 0) is 53.7 Å². The molecule has 0 aliphatic carbocycles. The first-order valence-corrected chi connectivity index (χ1v) is 8.75. The molecule has 0 saturated carbocycles. The summed E-state index contributed by atoms with van der Waals surface area (Å²) >= 11 is 5.33. The van der Waals surface area contributed by atoms with E-state index in [0.29, 0.717) is 6.54 Å². The largest absolute Gasteiger partial charge is 0.496 e. The Morgan fingerprint density at radius 2 is 2.10 bits per heavy atom. The molecule has 1 rings (SSSR count). The van der Waals surface area contributed by atoms with Crippen molar-refractivity contribution in [3.8, 4) is 5.75 Å². The summed E-state index contributed by atoms with van der Waals surface area (Å²) in [6, 6.07) is 6.04. The molecule has 0 saturated heterocycles. The topological polar surface area (TPSA) is 45.7 Å². The Labute approximate surface area is 140 Å². The third-order valence-electron chi connectivity index (χ3n) is 3.13. The van der Waals surface area contributed by atoms with Crippen LogP contribution in [0.4, 0.5) is 0 Å². The fraction of sp³-hybridized carbons (Fsp3) is 0.533. The molecule has 1 aromatic carbocycles. The Morgan fingerprint density at radius 1 is 1.38 bits per heavy atom. The van der Waals surface area contributed by atoms with Crippen molar-refractivity contribution >= 4 is 33.7 Å². The van der Waals surface area contributed by atoms with Crippen molar-refractivity contribution in [3.05, 3.63) is 28.2 Å². The molecule has 21 heavy (non-hydrogen) atoms. The van der Waals surface area contributed by atoms with E-state index in [-0.39, 0.29) is 4.75 Å². The number of thioether (sulfide) groups is 1. The highest BCUT2D eigenvalue weighted by Crippen LogP contribution is 2.25. The van der Waals surface area contributed by atoms with Gasteiger partial charge in [-0.2, -0.15) is 11.8 Å². The maximum atomic E-state index is 5.23. The van der Waals surface area contributed by atoms with E-state index in [1.807, 2.05) is 30.0 Å². The zero-order valence-electron chi connectivity index (χ0n) is 13.3. The number of aliphatic imine (C=N–C) groups is 1. The lowest BCUT2D eigenvalue weighted by Crippen LogP contribution is -2.42. The Bertz CT molecular complexity index is 492. The lowest BCUT2D eigenvalue weighted by Gasteiger charge is -2.23. The molecular weight excluding hydrogens is 350 g/mol. The van der Waals surface area contributed by atoms with Crippen LogP contribution >= 0.6 is 27.7 Å². The molecule has 0 spiro atoms. The summed E-state index contributed by atoms with van der Waals surface area (Å²) in [5.74, 6) is 1.65. The molecule has 0 fully saturated rings. The third kappa shape index (κ3) is 6.18. The van der Waals surface area contributed by atoms with Gasteiger partial charge < -0.3 is 15.4 Å². The second kappa shape index (κ2) is 8.54. The molecule has 0 atom stereocenters. The predicted octanol–water partition coefficient (Wildman–Crippen LogP) is 3.26. The van der Waals surface area contributed by atoms with Crippen LogP contribution in [-0.4, -0.2) is 37.7 Å². The van der Waals surface area contributed by atoms with Crippen molar-refractivity contribution in [2.75, 3.05) is 27.0 Å². The molecule has 0 unspecified atom stereocenters. The normalized spacial score (nSPS) is 12.2. The maximum Gasteiger partial charge on any atom is 0.191 e. The Morgan fingerprint density at radius 3 is 2.62 bits per heavy atom. The van der Waals surface area contributed by atoms with Gasteiger partial charge in [0.2, 0.25) is 0 Å². The van der Waals surface area contributed by atoms with Crippen LogP contribution in [0.25, 0.3) is 0 Å². The van der Waals surface area contributed by atoms with E-state index in [1.54, 1.807) is 14.2 Å². The second-order valence-electron chi connectivity index (χ2n) is 5.21. The summed E-state index contributed by atoms with van der Waals surface area (Å²) in [5.41, 5.74) is 1.16. The summed E-state index contributed by atoms with van der Waals surface area (Å²) in [4.78, 5) is 4.25. The lowest BCUT2D eigenvalue weighted by atomic mass is 10.2. The van der Waals surface area contributed by atoms with Crippen LogP contribution in [0.5, 0.6) is 5.75 Å². The van der Waals surface area contributed by atoms with Gasteiger partial charge >= 0.3 is 0 Å². The van der Waals surface area contributed by atoms with Gasteiger partial charge in [-0.25, -0.2) is 0 Å². The van der Waals surface area contributed by atoms with Crippen molar-refractivity contribution in [3.63, 3.8) is 0 Å². The van der Waals surface area contributed by atoms with E-state index in [0.717, 1.165) is 28.3 Å². The summed E-state index contributed by atoms with van der Waals surface area (Å²) in [6.45, 7) is 5.99. The Kier molecular flexibility index (Phi) is 7.39. The van der Waals surface area contributed by atoms with Gasteiger partial charge in [0.05, 0.1) is 11.6 Å². The van der Waals surface area contributed by atoms with Crippen molar-refractivity contribution in [1.82, 2.24) is 10.6 Å². The molecule has 4 nitrogen and oxygen atoms in total. The average molecular weight is 374 g/mol. The molecular formula is C15H24BrN3OS. The van der Waals surface area contributed by atoms with E-state index >= 15 is 0 Å². The third-order valence-corrected chi connectivity index (χ3v) is 5.00. The van der Waals surface area contributed by atoms with E-state index in [4.69, 9.17) is 4.74 Å². The summed E-state index contributed by atoms with van der Waals surface area (Å²) < 4.78 is 6.37. The zero-order chi connectivity index (χ0) is 15.9. The monoisotopic (exact) mass is 373 g/mol. The SMILES string of the molecule is CN=C(NCc1ccc(OC)c(Br)c1)NCC(C)(C)SC. The van der Waals surface area contributed by atoms with Crippen LogP contribution in [0.3, 0.4) is 0 Å². The van der Waals surface area contributed by atoms with Crippen LogP contribution in [0, 0.1) is 0 Å². The number of hydrogen-bond acceptors (Lipinski definition) is 3. The molecule has 0 amide bonds. The number of hydrogen-bond donors (Lipinski definition) is 2. The van der Waals surface area contributed by atoms with Crippen LogP contribution in [0.1, 0.15) is 19.4 Å². The fourth-order valence-electron chi connectivity index (χ4n) is 1.59. The summed E-state index contributed by atoms with van der Waals surface area (Å²) in [5, 5.41) is 6.66. The number of halogens is 1. The number of ether oxygens (including phenoxy) is 1. The first-order valence-electron chi connectivity index (χ1n) is 6.74. The maximum absolute atomic E-state index is 5.23. The Balaban J connectivity index is 2.54. The van der Waals surface area contributed by atoms with Crippen LogP contribution in [0.2, 0.25) is 0 Å². The smallest absolute Gasteiger partial charge is 0.191 e. The molecule has 1 aromatic rings. The fourth-order valence-corrected chi connectivity index (χ4v) is 2.40. The van der Waals surface area contributed by atoms with Crippen LogP contribution < -0.4 is 15.4 Å². The highest BCUT2D eigenvalue weighted by atomic mass is 79.9. The number of benzene rings is 1. The molecule has 0 radical (unpaired) electrons. The van der Waals surface area contributed by atoms with E-state index in [9.17, 15) is 0 Å². The zero-order valence-corrected chi connectivity index (χ0v) is 15.7. The Hall–Kier alpha value is -0.880. The number of guanidine groups is 1.